The van der Waals surface area contributed by atoms with Crippen LogP contribution in [0, 0.1) is 19.8 Å². The number of imidazole rings is 1. The van der Waals surface area contributed by atoms with Gasteiger partial charge >= 0.3 is 0 Å². The number of aliphatic hydroxyl groups excluding tert-OH is 1. The summed E-state index contributed by atoms with van der Waals surface area (Å²) in [6.07, 6.45) is 1.05. The van der Waals surface area contributed by atoms with Gasteiger partial charge in [0.25, 0.3) is 0 Å². The molecule has 4 heteroatoms. The lowest BCUT2D eigenvalue weighted by atomic mass is 9.93. The van der Waals surface area contributed by atoms with Gasteiger partial charge in [-0.25, -0.2) is 4.98 Å². The lowest BCUT2D eigenvalue weighted by Crippen LogP contribution is -2.39. The second-order valence-electron chi connectivity index (χ2n) is 5.52. The third kappa shape index (κ3) is 2.15. The minimum Gasteiger partial charge on any atom is -0.396 e. The SMILES string of the molecule is Cc1ccc2c(c1)nc(C)n2C1CCNCC1CO. The fourth-order valence-corrected chi connectivity index (χ4v) is 3.18. The molecule has 102 valence electrons. The van der Waals surface area contributed by atoms with Crippen molar-refractivity contribution in [2.75, 3.05) is 19.7 Å². The molecular formula is C15H21N3O. The van der Waals surface area contributed by atoms with Gasteiger partial charge in [0.15, 0.2) is 0 Å². The highest BCUT2D eigenvalue weighted by atomic mass is 16.3. The lowest BCUT2D eigenvalue weighted by Gasteiger charge is -2.33. The fourth-order valence-electron chi connectivity index (χ4n) is 3.18. The van der Waals surface area contributed by atoms with Crippen molar-refractivity contribution in [3.63, 3.8) is 0 Å². The maximum Gasteiger partial charge on any atom is 0.106 e. The Labute approximate surface area is 113 Å². The number of nitrogens with zero attached hydrogens (tertiary/aromatic N) is 2. The molecule has 4 nitrogen and oxygen atoms in total. The van der Waals surface area contributed by atoms with E-state index < -0.39 is 0 Å². The van der Waals surface area contributed by atoms with E-state index in [9.17, 15) is 5.11 Å². The molecule has 1 saturated heterocycles. The number of aryl methyl sites for hydroxylation is 2. The van der Waals surface area contributed by atoms with Gasteiger partial charge in [0.05, 0.1) is 11.0 Å². The summed E-state index contributed by atoms with van der Waals surface area (Å²) in [4.78, 5) is 4.68. The quantitative estimate of drug-likeness (QED) is 0.864. The predicted molar refractivity (Wildman–Crippen MR) is 76.3 cm³/mol. The molecule has 0 spiro atoms. The van der Waals surface area contributed by atoms with Crippen molar-refractivity contribution in [2.45, 2.75) is 26.3 Å². The molecule has 2 heterocycles. The monoisotopic (exact) mass is 259 g/mol. The molecule has 1 aliphatic rings. The summed E-state index contributed by atoms with van der Waals surface area (Å²) < 4.78 is 2.32. The van der Waals surface area contributed by atoms with Crippen LogP contribution < -0.4 is 5.32 Å². The van der Waals surface area contributed by atoms with Gasteiger partial charge in [0.1, 0.15) is 5.82 Å². The molecule has 1 aliphatic heterocycles. The third-order valence-electron chi connectivity index (χ3n) is 4.16. The zero-order chi connectivity index (χ0) is 13.4. The molecule has 2 atom stereocenters. The van der Waals surface area contributed by atoms with Gasteiger partial charge in [-0.3, -0.25) is 0 Å². The molecule has 2 unspecified atom stereocenters. The van der Waals surface area contributed by atoms with E-state index >= 15 is 0 Å². The van der Waals surface area contributed by atoms with E-state index in [1.165, 1.54) is 11.1 Å². The number of nitrogens with one attached hydrogen (secondary N) is 1. The fraction of sp³-hybridized carbons (Fsp3) is 0.533. The van der Waals surface area contributed by atoms with Gasteiger partial charge in [-0.2, -0.15) is 0 Å². The second-order valence-corrected chi connectivity index (χ2v) is 5.52. The van der Waals surface area contributed by atoms with Crippen LogP contribution in [0.3, 0.4) is 0 Å². The van der Waals surface area contributed by atoms with Crippen molar-refractivity contribution >= 4 is 11.0 Å². The van der Waals surface area contributed by atoms with Crippen LogP contribution in [0.2, 0.25) is 0 Å². The Kier molecular flexibility index (Phi) is 3.29. The first-order chi connectivity index (χ1) is 9.20. The van der Waals surface area contributed by atoms with Crippen LogP contribution in [0.15, 0.2) is 18.2 Å². The van der Waals surface area contributed by atoms with Gasteiger partial charge in [-0.1, -0.05) is 6.07 Å². The molecule has 2 aromatic rings. The molecular weight excluding hydrogens is 238 g/mol. The van der Waals surface area contributed by atoms with Crippen LogP contribution >= 0.6 is 0 Å². The van der Waals surface area contributed by atoms with Crippen LogP contribution in [0.25, 0.3) is 11.0 Å². The van der Waals surface area contributed by atoms with E-state index in [2.05, 4.69) is 46.9 Å². The van der Waals surface area contributed by atoms with E-state index in [4.69, 9.17) is 0 Å². The second kappa shape index (κ2) is 4.94. The van der Waals surface area contributed by atoms with Gasteiger partial charge in [-0.05, 0) is 44.5 Å². The molecule has 0 bridgehead atoms. The minimum atomic E-state index is 0.225. The Balaban J connectivity index is 2.10. The normalized spacial score (nSPS) is 23.9. The summed E-state index contributed by atoms with van der Waals surface area (Å²) in [6.45, 7) is 6.27. The highest BCUT2D eigenvalue weighted by Crippen LogP contribution is 2.30. The maximum absolute atomic E-state index is 9.59. The van der Waals surface area contributed by atoms with E-state index in [0.29, 0.717) is 6.04 Å². The van der Waals surface area contributed by atoms with E-state index in [1.807, 2.05) is 0 Å². The first kappa shape index (κ1) is 12.6. The summed E-state index contributed by atoms with van der Waals surface area (Å²) >= 11 is 0. The topological polar surface area (TPSA) is 50.1 Å². The smallest absolute Gasteiger partial charge is 0.106 e. The Bertz CT molecular complexity index is 590. The number of piperidine rings is 1. The largest absolute Gasteiger partial charge is 0.396 e. The standard InChI is InChI=1S/C15H21N3O/c1-10-3-4-15-13(7-10)17-11(2)18(15)14-5-6-16-8-12(14)9-19/h3-4,7,12,14,16,19H,5-6,8-9H2,1-2H3. The number of hydrogen-bond acceptors (Lipinski definition) is 3. The molecule has 0 aliphatic carbocycles. The zero-order valence-electron chi connectivity index (χ0n) is 11.6. The van der Waals surface area contributed by atoms with E-state index in [1.54, 1.807) is 0 Å². The van der Waals surface area contributed by atoms with Crippen LogP contribution in [0.4, 0.5) is 0 Å². The molecule has 0 saturated carbocycles. The van der Waals surface area contributed by atoms with Crippen molar-refractivity contribution < 1.29 is 5.11 Å². The van der Waals surface area contributed by atoms with Crippen molar-refractivity contribution in [3.05, 3.63) is 29.6 Å². The number of aromatic nitrogens is 2. The van der Waals surface area contributed by atoms with Crippen molar-refractivity contribution in [1.29, 1.82) is 0 Å². The van der Waals surface area contributed by atoms with E-state index in [-0.39, 0.29) is 12.5 Å². The van der Waals surface area contributed by atoms with Crippen molar-refractivity contribution in [2.24, 2.45) is 5.92 Å². The minimum absolute atomic E-state index is 0.225. The number of aliphatic hydroxyl groups is 1. The molecule has 1 fully saturated rings. The van der Waals surface area contributed by atoms with Gasteiger partial charge in [0.2, 0.25) is 0 Å². The molecule has 1 aromatic heterocycles. The molecule has 19 heavy (non-hydrogen) atoms. The summed E-state index contributed by atoms with van der Waals surface area (Å²) in [7, 11) is 0. The molecule has 0 amide bonds. The maximum atomic E-state index is 9.59. The first-order valence-corrected chi connectivity index (χ1v) is 6.97. The Hall–Kier alpha value is -1.39. The van der Waals surface area contributed by atoms with E-state index in [0.717, 1.165) is 30.9 Å². The molecule has 0 radical (unpaired) electrons. The number of benzene rings is 1. The van der Waals surface area contributed by atoms with Crippen LogP contribution in [0.1, 0.15) is 23.9 Å². The Morgan fingerprint density at radius 1 is 1.42 bits per heavy atom. The molecule has 2 N–H and O–H groups in total. The summed E-state index contributed by atoms with van der Waals surface area (Å²) in [6, 6.07) is 6.77. The Morgan fingerprint density at radius 3 is 3.05 bits per heavy atom. The van der Waals surface area contributed by atoms with Gasteiger partial charge in [-0.15, -0.1) is 0 Å². The summed E-state index contributed by atoms with van der Waals surface area (Å²) in [5, 5.41) is 13.0. The molecule has 3 rings (SSSR count). The first-order valence-electron chi connectivity index (χ1n) is 6.97. The number of hydrogen-bond donors (Lipinski definition) is 2. The third-order valence-corrected chi connectivity index (χ3v) is 4.16. The van der Waals surface area contributed by atoms with Crippen LogP contribution in [0.5, 0.6) is 0 Å². The number of rotatable bonds is 2. The van der Waals surface area contributed by atoms with Gasteiger partial charge in [0, 0.05) is 25.1 Å². The highest BCUT2D eigenvalue weighted by molar-refractivity contribution is 5.77. The summed E-state index contributed by atoms with van der Waals surface area (Å²) in [5.74, 6) is 1.32. The highest BCUT2D eigenvalue weighted by Gasteiger charge is 2.28. The molecule has 1 aromatic carbocycles. The average Bonchev–Trinajstić information content (AvgIpc) is 2.73. The van der Waals surface area contributed by atoms with Crippen molar-refractivity contribution in [1.82, 2.24) is 14.9 Å². The lowest BCUT2D eigenvalue weighted by molar-refractivity contribution is 0.150. The predicted octanol–water partition coefficient (Wildman–Crippen LogP) is 1.80. The number of fused-ring (bicyclic) bond motifs is 1. The Morgan fingerprint density at radius 2 is 2.26 bits per heavy atom. The van der Waals surface area contributed by atoms with Crippen molar-refractivity contribution in [3.8, 4) is 0 Å². The van der Waals surface area contributed by atoms with Crippen LogP contribution in [-0.4, -0.2) is 34.4 Å². The average molecular weight is 259 g/mol. The van der Waals surface area contributed by atoms with Gasteiger partial charge < -0.3 is 15.0 Å². The summed E-state index contributed by atoms with van der Waals surface area (Å²) in [5.41, 5.74) is 3.49. The van der Waals surface area contributed by atoms with Crippen LogP contribution in [-0.2, 0) is 0 Å². The zero-order valence-corrected chi connectivity index (χ0v) is 11.6.